The average Bonchev–Trinajstić information content (AvgIpc) is 3.18. The lowest BCUT2D eigenvalue weighted by Gasteiger charge is -2.10. The van der Waals surface area contributed by atoms with Crippen molar-refractivity contribution in [2.24, 2.45) is 12.1 Å². The smallest absolute Gasteiger partial charge is 0.329 e. The predicted molar refractivity (Wildman–Crippen MR) is 122 cm³/mol. The van der Waals surface area contributed by atoms with Crippen molar-refractivity contribution in [2.75, 3.05) is 19.1 Å². The SMILES string of the molecule is COc1ccc(C=NNc2nc3c(c(=O)[nH]c(=O)n3C)n2CCOc2ccccc2)cc1. The molecule has 10 nitrogen and oxygen atoms in total. The Bertz CT molecular complexity index is 1350. The summed E-state index contributed by atoms with van der Waals surface area (Å²) in [5.41, 5.74) is 3.15. The van der Waals surface area contributed by atoms with Gasteiger partial charge in [0.05, 0.1) is 19.9 Å². The maximum Gasteiger partial charge on any atom is 0.329 e. The van der Waals surface area contributed by atoms with Crippen LogP contribution in [0.15, 0.2) is 69.3 Å². The first-order valence-corrected chi connectivity index (χ1v) is 9.87. The fraction of sp³-hybridized carbons (Fsp3) is 0.182. The summed E-state index contributed by atoms with van der Waals surface area (Å²) in [4.78, 5) is 31.3. The van der Waals surface area contributed by atoms with Gasteiger partial charge in [-0.3, -0.25) is 18.9 Å². The minimum Gasteiger partial charge on any atom is -0.497 e. The molecule has 0 bridgehead atoms. The minimum atomic E-state index is -0.541. The Kier molecular flexibility index (Phi) is 6.02. The molecule has 0 spiro atoms. The fourth-order valence-electron chi connectivity index (χ4n) is 3.16. The molecule has 0 radical (unpaired) electrons. The van der Waals surface area contributed by atoms with Gasteiger partial charge in [0, 0.05) is 7.05 Å². The van der Waals surface area contributed by atoms with Crippen LogP contribution in [-0.2, 0) is 13.6 Å². The van der Waals surface area contributed by atoms with Crippen molar-refractivity contribution in [1.29, 1.82) is 0 Å². The van der Waals surface area contributed by atoms with Gasteiger partial charge < -0.3 is 9.47 Å². The molecular formula is C22H22N6O4. The molecule has 0 saturated carbocycles. The Hall–Kier alpha value is -4.34. The summed E-state index contributed by atoms with van der Waals surface area (Å²) >= 11 is 0. The van der Waals surface area contributed by atoms with E-state index in [4.69, 9.17) is 9.47 Å². The van der Waals surface area contributed by atoms with Gasteiger partial charge >= 0.3 is 5.69 Å². The number of H-pyrrole nitrogens is 1. The number of methoxy groups -OCH3 is 1. The first-order valence-electron chi connectivity index (χ1n) is 9.87. The summed E-state index contributed by atoms with van der Waals surface area (Å²) in [5, 5.41) is 4.23. The van der Waals surface area contributed by atoms with Crippen LogP contribution in [0.1, 0.15) is 5.56 Å². The number of imidazole rings is 1. The zero-order valence-electron chi connectivity index (χ0n) is 17.6. The van der Waals surface area contributed by atoms with E-state index in [1.807, 2.05) is 54.6 Å². The minimum absolute atomic E-state index is 0.251. The number of benzene rings is 2. The van der Waals surface area contributed by atoms with E-state index in [9.17, 15) is 9.59 Å². The van der Waals surface area contributed by atoms with Crippen LogP contribution in [0, 0.1) is 0 Å². The first kappa shape index (κ1) is 20.9. The fourth-order valence-corrected chi connectivity index (χ4v) is 3.16. The predicted octanol–water partition coefficient (Wildman–Crippen LogP) is 1.96. The van der Waals surface area contributed by atoms with Crippen molar-refractivity contribution in [3.8, 4) is 11.5 Å². The lowest BCUT2D eigenvalue weighted by atomic mass is 10.2. The number of nitrogens with one attached hydrogen (secondary N) is 2. The maximum absolute atomic E-state index is 12.5. The van der Waals surface area contributed by atoms with Crippen LogP contribution in [-0.4, -0.2) is 39.0 Å². The van der Waals surface area contributed by atoms with Crippen molar-refractivity contribution < 1.29 is 9.47 Å². The van der Waals surface area contributed by atoms with E-state index < -0.39 is 11.2 Å². The molecule has 2 aromatic carbocycles. The van der Waals surface area contributed by atoms with E-state index in [2.05, 4.69) is 20.5 Å². The number of aromatic nitrogens is 4. The van der Waals surface area contributed by atoms with Crippen molar-refractivity contribution in [3.63, 3.8) is 0 Å². The molecule has 0 unspecified atom stereocenters. The molecule has 0 aliphatic heterocycles. The van der Waals surface area contributed by atoms with Crippen molar-refractivity contribution >= 4 is 23.3 Å². The molecule has 2 heterocycles. The number of rotatable bonds is 8. The number of hydrazone groups is 1. The largest absolute Gasteiger partial charge is 0.497 e. The summed E-state index contributed by atoms with van der Waals surface area (Å²) in [6.45, 7) is 0.599. The highest BCUT2D eigenvalue weighted by atomic mass is 16.5. The third-order valence-electron chi connectivity index (χ3n) is 4.83. The maximum atomic E-state index is 12.5. The van der Waals surface area contributed by atoms with Crippen LogP contribution in [0.3, 0.4) is 0 Å². The molecule has 10 heteroatoms. The number of fused-ring (bicyclic) bond motifs is 1. The standard InChI is InChI=1S/C22H22N6O4/c1-27-19-18(20(29)25-22(27)30)28(12-13-32-17-6-4-3-5-7-17)21(24-19)26-23-14-15-8-10-16(31-2)11-9-15/h3-11,14H,12-13H2,1-2H3,(H,24,26)(H,25,29,30). The summed E-state index contributed by atoms with van der Waals surface area (Å²) in [6.07, 6.45) is 1.62. The van der Waals surface area contributed by atoms with Gasteiger partial charge in [-0.15, -0.1) is 0 Å². The van der Waals surface area contributed by atoms with E-state index in [1.54, 1.807) is 24.9 Å². The first-order chi connectivity index (χ1) is 15.6. The van der Waals surface area contributed by atoms with Gasteiger partial charge in [0.25, 0.3) is 5.56 Å². The molecule has 0 saturated heterocycles. The number of para-hydroxylation sites is 1. The van der Waals surface area contributed by atoms with Gasteiger partial charge in [0.15, 0.2) is 11.2 Å². The average molecular weight is 434 g/mol. The summed E-state index contributed by atoms with van der Waals surface area (Å²) in [7, 11) is 3.15. The van der Waals surface area contributed by atoms with Crippen LogP contribution in [0.5, 0.6) is 11.5 Å². The van der Waals surface area contributed by atoms with E-state index >= 15 is 0 Å². The number of nitrogens with zero attached hydrogens (tertiary/aromatic N) is 4. The number of anilines is 1. The highest BCUT2D eigenvalue weighted by Gasteiger charge is 2.17. The number of hydrogen-bond donors (Lipinski definition) is 2. The monoisotopic (exact) mass is 434 g/mol. The molecule has 0 atom stereocenters. The summed E-state index contributed by atoms with van der Waals surface area (Å²) < 4.78 is 13.8. The lowest BCUT2D eigenvalue weighted by Crippen LogP contribution is -2.29. The van der Waals surface area contributed by atoms with Gasteiger partial charge in [-0.05, 0) is 42.0 Å². The van der Waals surface area contributed by atoms with Crippen LogP contribution >= 0.6 is 0 Å². The Morgan fingerprint density at radius 1 is 1.09 bits per heavy atom. The number of hydrogen-bond acceptors (Lipinski definition) is 7. The highest BCUT2D eigenvalue weighted by molar-refractivity contribution is 5.80. The second-order valence-corrected chi connectivity index (χ2v) is 6.88. The van der Waals surface area contributed by atoms with Crippen LogP contribution in [0.2, 0.25) is 0 Å². The van der Waals surface area contributed by atoms with E-state index in [0.717, 1.165) is 11.3 Å². The van der Waals surface area contributed by atoms with Gasteiger partial charge in [-0.25, -0.2) is 10.2 Å². The molecule has 4 rings (SSSR count). The zero-order valence-corrected chi connectivity index (χ0v) is 17.6. The van der Waals surface area contributed by atoms with Crippen LogP contribution < -0.4 is 26.1 Å². The summed E-state index contributed by atoms with van der Waals surface area (Å²) in [6, 6.07) is 16.7. The van der Waals surface area contributed by atoms with Gasteiger partial charge in [0.1, 0.15) is 18.1 Å². The normalized spacial score (nSPS) is 11.2. The van der Waals surface area contributed by atoms with E-state index in [0.29, 0.717) is 18.2 Å². The molecule has 4 aromatic rings. The lowest BCUT2D eigenvalue weighted by molar-refractivity contribution is 0.301. The molecule has 164 valence electrons. The molecule has 2 N–H and O–H groups in total. The number of aromatic amines is 1. The van der Waals surface area contributed by atoms with Gasteiger partial charge in [-0.1, -0.05) is 18.2 Å². The molecule has 0 aliphatic rings. The molecule has 2 aromatic heterocycles. The molecular weight excluding hydrogens is 412 g/mol. The Labute approximate surface area is 182 Å². The third kappa shape index (κ3) is 4.38. The Morgan fingerprint density at radius 3 is 2.56 bits per heavy atom. The number of ether oxygens (including phenoxy) is 2. The highest BCUT2D eigenvalue weighted by Crippen LogP contribution is 2.16. The Balaban J connectivity index is 1.62. The third-order valence-corrected chi connectivity index (χ3v) is 4.83. The van der Waals surface area contributed by atoms with Gasteiger partial charge in [-0.2, -0.15) is 10.1 Å². The van der Waals surface area contributed by atoms with Crippen molar-refractivity contribution in [2.45, 2.75) is 6.54 Å². The second-order valence-electron chi connectivity index (χ2n) is 6.88. The van der Waals surface area contributed by atoms with Crippen molar-refractivity contribution in [1.82, 2.24) is 19.1 Å². The molecule has 32 heavy (non-hydrogen) atoms. The van der Waals surface area contributed by atoms with E-state index in [1.165, 1.54) is 4.57 Å². The van der Waals surface area contributed by atoms with Crippen LogP contribution in [0.25, 0.3) is 11.2 Å². The number of aryl methyl sites for hydroxylation is 1. The summed E-state index contributed by atoms with van der Waals surface area (Å²) in [5.74, 6) is 1.77. The quantitative estimate of drug-likeness (QED) is 0.324. The van der Waals surface area contributed by atoms with Gasteiger partial charge in [0.2, 0.25) is 5.95 Å². The topological polar surface area (TPSA) is 116 Å². The molecule has 0 fully saturated rings. The van der Waals surface area contributed by atoms with E-state index in [-0.39, 0.29) is 17.8 Å². The Morgan fingerprint density at radius 2 is 1.84 bits per heavy atom. The zero-order chi connectivity index (χ0) is 22.5. The molecule has 0 amide bonds. The van der Waals surface area contributed by atoms with Crippen molar-refractivity contribution in [3.05, 3.63) is 81.0 Å². The molecule has 0 aliphatic carbocycles. The second kappa shape index (κ2) is 9.21. The van der Waals surface area contributed by atoms with Crippen LogP contribution in [0.4, 0.5) is 5.95 Å².